The van der Waals surface area contributed by atoms with E-state index in [9.17, 15) is 9.90 Å². The third-order valence-corrected chi connectivity index (χ3v) is 2.43. The zero-order chi connectivity index (χ0) is 11.3. The van der Waals surface area contributed by atoms with Crippen molar-refractivity contribution in [3.8, 4) is 5.75 Å². The van der Waals surface area contributed by atoms with Gasteiger partial charge in [0.15, 0.2) is 0 Å². The Bertz CT molecular complexity index is 333. The fourth-order valence-electron chi connectivity index (χ4n) is 1.76. The SMILES string of the molecule is CCCC(CC(=O)O)c1ccccc1O. The molecule has 0 heterocycles. The summed E-state index contributed by atoms with van der Waals surface area (Å²) in [7, 11) is 0. The fourth-order valence-corrected chi connectivity index (χ4v) is 1.76. The smallest absolute Gasteiger partial charge is 0.303 e. The highest BCUT2D eigenvalue weighted by atomic mass is 16.4. The summed E-state index contributed by atoms with van der Waals surface area (Å²) in [5.74, 6) is -0.720. The van der Waals surface area contributed by atoms with Crippen LogP contribution >= 0.6 is 0 Å². The molecule has 0 bridgehead atoms. The van der Waals surface area contributed by atoms with Crippen molar-refractivity contribution in [2.45, 2.75) is 32.1 Å². The summed E-state index contributed by atoms with van der Waals surface area (Å²) in [5.41, 5.74) is 0.738. The summed E-state index contributed by atoms with van der Waals surface area (Å²) >= 11 is 0. The number of phenolic OH excluding ortho intramolecular Hbond substituents is 1. The molecule has 1 rings (SSSR count). The van der Waals surface area contributed by atoms with Gasteiger partial charge in [-0.15, -0.1) is 0 Å². The first-order chi connectivity index (χ1) is 7.15. The third-order valence-electron chi connectivity index (χ3n) is 2.43. The zero-order valence-electron chi connectivity index (χ0n) is 8.81. The van der Waals surface area contributed by atoms with Crippen molar-refractivity contribution < 1.29 is 15.0 Å². The number of carboxylic acids is 1. The Kier molecular flexibility index (Phi) is 4.16. The maximum absolute atomic E-state index is 10.7. The molecule has 0 spiro atoms. The Balaban J connectivity index is 2.88. The van der Waals surface area contributed by atoms with Gasteiger partial charge in [-0.05, 0) is 24.0 Å². The average Bonchev–Trinajstić information content (AvgIpc) is 2.17. The maximum atomic E-state index is 10.7. The van der Waals surface area contributed by atoms with Crippen molar-refractivity contribution in [2.24, 2.45) is 0 Å². The van der Waals surface area contributed by atoms with Crippen LogP contribution in [0.1, 0.15) is 37.7 Å². The Morgan fingerprint density at radius 1 is 1.40 bits per heavy atom. The van der Waals surface area contributed by atoms with Gasteiger partial charge in [0.1, 0.15) is 5.75 Å². The van der Waals surface area contributed by atoms with E-state index in [2.05, 4.69) is 0 Å². The lowest BCUT2D eigenvalue weighted by molar-refractivity contribution is -0.137. The van der Waals surface area contributed by atoms with Crippen molar-refractivity contribution in [3.05, 3.63) is 29.8 Å². The Morgan fingerprint density at radius 3 is 2.60 bits per heavy atom. The quantitative estimate of drug-likeness (QED) is 0.782. The number of carboxylic acid groups (broad SMARTS) is 1. The highest BCUT2D eigenvalue weighted by molar-refractivity contribution is 5.68. The minimum Gasteiger partial charge on any atom is -0.508 e. The van der Waals surface area contributed by atoms with E-state index in [0.717, 1.165) is 18.4 Å². The molecule has 0 aliphatic rings. The van der Waals surface area contributed by atoms with E-state index in [1.165, 1.54) is 0 Å². The van der Waals surface area contributed by atoms with Crippen LogP contribution in [0.3, 0.4) is 0 Å². The number of hydrogen-bond acceptors (Lipinski definition) is 2. The number of para-hydroxylation sites is 1. The molecular weight excluding hydrogens is 192 g/mol. The Hall–Kier alpha value is -1.51. The molecule has 0 aliphatic carbocycles. The summed E-state index contributed by atoms with van der Waals surface area (Å²) in [6.07, 6.45) is 1.77. The Morgan fingerprint density at radius 2 is 2.07 bits per heavy atom. The van der Waals surface area contributed by atoms with Gasteiger partial charge in [-0.25, -0.2) is 0 Å². The summed E-state index contributed by atoms with van der Waals surface area (Å²) < 4.78 is 0. The van der Waals surface area contributed by atoms with Gasteiger partial charge in [0.2, 0.25) is 0 Å². The van der Waals surface area contributed by atoms with Gasteiger partial charge in [-0.2, -0.15) is 0 Å². The number of phenols is 1. The molecule has 0 saturated carbocycles. The minimum atomic E-state index is -0.822. The van der Waals surface area contributed by atoms with Gasteiger partial charge in [0, 0.05) is 0 Å². The predicted molar refractivity (Wildman–Crippen MR) is 58.0 cm³/mol. The van der Waals surface area contributed by atoms with E-state index in [4.69, 9.17) is 5.11 Å². The van der Waals surface area contributed by atoms with Crippen molar-refractivity contribution in [3.63, 3.8) is 0 Å². The molecule has 0 saturated heterocycles. The molecule has 1 aromatic rings. The highest BCUT2D eigenvalue weighted by Gasteiger charge is 2.17. The molecule has 1 atom stereocenters. The van der Waals surface area contributed by atoms with Crippen molar-refractivity contribution in [2.75, 3.05) is 0 Å². The van der Waals surface area contributed by atoms with Crippen LogP contribution in [0.4, 0.5) is 0 Å². The van der Waals surface area contributed by atoms with Crippen molar-refractivity contribution in [1.29, 1.82) is 0 Å². The van der Waals surface area contributed by atoms with Crippen LogP contribution in [-0.4, -0.2) is 16.2 Å². The standard InChI is InChI=1S/C12H16O3/c1-2-5-9(8-12(14)15)10-6-3-4-7-11(10)13/h3-4,6-7,9,13H,2,5,8H2,1H3,(H,14,15). The second-order valence-electron chi connectivity index (χ2n) is 3.64. The number of carbonyl (C=O) groups is 1. The summed E-state index contributed by atoms with van der Waals surface area (Å²) in [6, 6.07) is 6.95. The van der Waals surface area contributed by atoms with Gasteiger partial charge in [0.25, 0.3) is 0 Å². The lowest BCUT2D eigenvalue weighted by atomic mass is 9.91. The molecule has 15 heavy (non-hydrogen) atoms. The first kappa shape index (κ1) is 11.6. The molecule has 1 aromatic carbocycles. The molecule has 0 aromatic heterocycles. The van der Waals surface area contributed by atoms with Crippen LogP contribution in [0.25, 0.3) is 0 Å². The lowest BCUT2D eigenvalue weighted by Gasteiger charge is -2.15. The molecule has 3 heteroatoms. The van der Waals surface area contributed by atoms with Crippen LogP contribution in [0.2, 0.25) is 0 Å². The summed E-state index contributed by atoms with van der Waals surface area (Å²) in [5, 5.41) is 18.4. The minimum absolute atomic E-state index is 0.0748. The van der Waals surface area contributed by atoms with Crippen molar-refractivity contribution in [1.82, 2.24) is 0 Å². The number of benzene rings is 1. The second kappa shape index (κ2) is 5.39. The highest BCUT2D eigenvalue weighted by Crippen LogP contribution is 2.31. The first-order valence-corrected chi connectivity index (χ1v) is 5.14. The summed E-state index contributed by atoms with van der Waals surface area (Å²) in [6.45, 7) is 2.01. The first-order valence-electron chi connectivity index (χ1n) is 5.14. The largest absolute Gasteiger partial charge is 0.508 e. The molecular formula is C12H16O3. The van der Waals surface area contributed by atoms with Crippen LogP contribution in [0.15, 0.2) is 24.3 Å². The van der Waals surface area contributed by atoms with Gasteiger partial charge in [-0.1, -0.05) is 31.5 Å². The number of rotatable bonds is 5. The Labute approximate surface area is 89.4 Å². The molecule has 82 valence electrons. The van der Waals surface area contributed by atoms with Gasteiger partial charge in [-0.3, -0.25) is 4.79 Å². The normalized spacial score (nSPS) is 12.3. The lowest BCUT2D eigenvalue weighted by Crippen LogP contribution is -2.06. The molecule has 0 amide bonds. The molecule has 0 fully saturated rings. The number of aliphatic carboxylic acids is 1. The molecule has 3 nitrogen and oxygen atoms in total. The van der Waals surface area contributed by atoms with Crippen LogP contribution in [-0.2, 0) is 4.79 Å². The zero-order valence-corrected chi connectivity index (χ0v) is 8.81. The van der Waals surface area contributed by atoms with E-state index in [1.807, 2.05) is 13.0 Å². The van der Waals surface area contributed by atoms with Gasteiger partial charge in [0.05, 0.1) is 6.42 Å². The molecule has 0 aliphatic heterocycles. The van der Waals surface area contributed by atoms with E-state index in [0.29, 0.717) is 0 Å². The topological polar surface area (TPSA) is 57.5 Å². The van der Waals surface area contributed by atoms with Gasteiger partial charge >= 0.3 is 5.97 Å². The number of aromatic hydroxyl groups is 1. The molecule has 0 radical (unpaired) electrons. The second-order valence-corrected chi connectivity index (χ2v) is 3.64. The van der Waals surface area contributed by atoms with E-state index < -0.39 is 5.97 Å². The maximum Gasteiger partial charge on any atom is 0.303 e. The average molecular weight is 208 g/mol. The monoisotopic (exact) mass is 208 g/mol. The van der Waals surface area contributed by atoms with E-state index in [1.54, 1.807) is 18.2 Å². The van der Waals surface area contributed by atoms with Gasteiger partial charge < -0.3 is 10.2 Å². The third kappa shape index (κ3) is 3.27. The predicted octanol–water partition coefficient (Wildman–Crippen LogP) is 2.75. The van der Waals surface area contributed by atoms with Crippen LogP contribution in [0.5, 0.6) is 5.75 Å². The van der Waals surface area contributed by atoms with E-state index in [-0.39, 0.29) is 18.1 Å². The summed E-state index contributed by atoms with van der Waals surface area (Å²) in [4.78, 5) is 10.7. The van der Waals surface area contributed by atoms with Crippen LogP contribution in [0, 0.1) is 0 Å². The van der Waals surface area contributed by atoms with E-state index >= 15 is 0 Å². The molecule has 2 N–H and O–H groups in total. The van der Waals surface area contributed by atoms with Crippen LogP contribution < -0.4 is 0 Å². The molecule has 1 unspecified atom stereocenters. The fraction of sp³-hybridized carbons (Fsp3) is 0.417. The van der Waals surface area contributed by atoms with Crippen molar-refractivity contribution >= 4 is 5.97 Å². The number of hydrogen-bond donors (Lipinski definition) is 2.